The van der Waals surface area contributed by atoms with E-state index >= 15 is 0 Å². The van der Waals surface area contributed by atoms with Gasteiger partial charge >= 0.3 is 0 Å². The lowest BCUT2D eigenvalue weighted by Gasteiger charge is -2.37. The maximum atomic E-state index is 13.2. The Morgan fingerprint density at radius 3 is 2.35 bits per heavy atom. The number of aryl methyl sites for hydroxylation is 2. The average Bonchev–Trinajstić information content (AvgIpc) is 2.80. The summed E-state index contributed by atoms with van der Waals surface area (Å²) in [6, 6.07) is 20.4. The molecule has 3 aromatic rings. The first kappa shape index (κ1) is 21.0. The summed E-state index contributed by atoms with van der Waals surface area (Å²) in [5.41, 5.74) is 4.29. The van der Waals surface area contributed by atoms with Crippen LogP contribution in [0.15, 0.2) is 60.7 Å². The first-order chi connectivity index (χ1) is 15.0. The molecule has 5 heteroatoms. The maximum Gasteiger partial charge on any atom is 0.230 e. The van der Waals surface area contributed by atoms with Crippen LogP contribution >= 0.6 is 0 Å². The highest BCUT2D eigenvalue weighted by Crippen LogP contribution is 2.25. The maximum absolute atomic E-state index is 13.2. The van der Waals surface area contributed by atoms with Gasteiger partial charge in [-0.3, -0.25) is 4.79 Å². The van der Waals surface area contributed by atoms with E-state index in [4.69, 9.17) is 4.98 Å². The molecule has 0 spiro atoms. The molecule has 1 aliphatic rings. The molecular formula is C26H30N4O. The van der Waals surface area contributed by atoms with Gasteiger partial charge in [0, 0.05) is 43.5 Å². The van der Waals surface area contributed by atoms with Gasteiger partial charge < -0.3 is 9.80 Å². The van der Waals surface area contributed by atoms with Crippen molar-refractivity contribution in [2.24, 2.45) is 0 Å². The highest BCUT2D eigenvalue weighted by molar-refractivity contribution is 5.84. The quantitative estimate of drug-likeness (QED) is 0.612. The highest BCUT2D eigenvalue weighted by Gasteiger charge is 2.28. The lowest BCUT2D eigenvalue weighted by atomic mass is 9.95. The molecule has 1 amide bonds. The Kier molecular flexibility index (Phi) is 6.31. The Balaban J connectivity index is 1.47. The summed E-state index contributed by atoms with van der Waals surface area (Å²) in [5, 5.41) is 0. The standard InChI is InChI=1S/C26H30N4O/c1-4-23(21-10-6-5-7-11-21)26(31)30-15-13-29(14-16-30)24-18-20(3)27-25(28-24)22-12-8-9-19(2)17-22/h5-12,17-18,23H,4,13-16H2,1-3H3/t23-/m0/s1. The second-order valence-electron chi connectivity index (χ2n) is 8.24. The zero-order valence-electron chi connectivity index (χ0n) is 18.6. The number of hydrogen-bond donors (Lipinski definition) is 0. The van der Waals surface area contributed by atoms with E-state index in [9.17, 15) is 4.79 Å². The van der Waals surface area contributed by atoms with Crippen LogP contribution in [0.4, 0.5) is 5.82 Å². The Morgan fingerprint density at radius 1 is 0.935 bits per heavy atom. The number of benzene rings is 2. The Hall–Kier alpha value is -3.21. The van der Waals surface area contributed by atoms with Gasteiger partial charge in [-0.1, -0.05) is 61.0 Å². The monoisotopic (exact) mass is 414 g/mol. The molecule has 1 saturated heterocycles. The van der Waals surface area contributed by atoms with Crippen LogP contribution in [0.25, 0.3) is 11.4 Å². The molecule has 0 unspecified atom stereocenters. The molecular weight excluding hydrogens is 384 g/mol. The molecule has 1 aliphatic heterocycles. The van der Waals surface area contributed by atoms with Crippen molar-refractivity contribution >= 4 is 11.7 Å². The minimum Gasteiger partial charge on any atom is -0.353 e. The number of nitrogens with zero attached hydrogens (tertiary/aromatic N) is 4. The van der Waals surface area contributed by atoms with Crippen LogP contribution in [0.3, 0.4) is 0 Å². The van der Waals surface area contributed by atoms with Crippen LogP contribution in [-0.2, 0) is 4.79 Å². The molecule has 1 fully saturated rings. The largest absolute Gasteiger partial charge is 0.353 e. The van der Waals surface area contributed by atoms with E-state index < -0.39 is 0 Å². The van der Waals surface area contributed by atoms with E-state index in [0.29, 0.717) is 13.1 Å². The number of carbonyl (C=O) groups excluding carboxylic acids is 1. The highest BCUT2D eigenvalue weighted by atomic mass is 16.2. The molecule has 0 saturated carbocycles. The second kappa shape index (κ2) is 9.29. The summed E-state index contributed by atoms with van der Waals surface area (Å²) >= 11 is 0. The van der Waals surface area contributed by atoms with Gasteiger partial charge in [0.25, 0.3) is 0 Å². The summed E-state index contributed by atoms with van der Waals surface area (Å²) in [4.78, 5) is 26.9. The van der Waals surface area contributed by atoms with Gasteiger partial charge in [-0.05, 0) is 31.9 Å². The Labute approximate surface area is 184 Å². The predicted octanol–water partition coefficient (Wildman–Crippen LogP) is 4.60. The van der Waals surface area contributed by atoms with E-state index in [1.807, 2.05) is 42.2 Å². The van der Waals surface area contributed by atoms with E-state index in [2.05, 4.69) is 54.1 Å². The number of hydrogen-bond acceptors (Lipinski definition) is 4. The number of rotatable bonds is 5. The van der Waals surface area contributed by atoms with Gasteiger partial charge in [0.05, 0.1) is 5.92 Å². The number of anilines is 1. The van der Waals surface area contributed by atoms with Crippen molar-refractivity contribution in [2.75, 3.05) is 31.1 Å². The van der Waals surface area contributed by atoms with Gasteiger partial charge in [-0.15, -0.1) is 0 Å². The van der Waals surface area contributed by atoms with Crippen LogP contribution < -0.4 is 4.90 Å². The number of carbonyl (C=O) groups is 1. The van der Waals surface area contributed by atoms with Gasteiger partial charge in [-0.25, -0.2) is 9.97 Å². The third-order valence-corrected chi connectivity index (χ3v) is 5.94. The molecule has 31 heavy (non-hydrogen) atoms. The molecule has 0 aliphatic carbocycles. The first-order valence-corrected chi connectivity index (χ1v) is 11.1. The number of amides is 1. The minimum absolute atomic E-state index is 0.0676. The summed E-state index contributed by atoms with van der Waals surface area (Å²) < 4.78 is 0. The van der Waals surface area contributed by atoms with Crippen molar-refractivity contribution in [3.05, 3.63) is 77.5 Å². The van der Waals surface area contributed by atoms with E-state index in [1.165, 1.54) is 5.56 Å². The van der Waals surface area contributed by atoms with Crippen molar-refractivity contribution in [1.29, 1.82) is 0 Å². The number of piperazine rings is 1. The predicted molar refractivity (Wildman–Crippen MR) is 125 cm³/mol. The second-order valence-corrected chi connectivity index (χ2v) is 8.24. The van der Waals surface area contributed by atoms with Crippen LogP contribution in [0.5, 0.6) is 0 Å². The molecule has 0 N–H and O–H groups in total. The lowest BCUT2D eigenvalue weighted by molar-refractivity contribution is -0.133. The fourth-order valence-corrected chi connectivity index (χ4v) is 4.24. The van der Waals surface area contributed by atoms with Gasteiger partial charge in [0.15, 0.2) is 5.82 Å². The van der Waals surface area contributed by atoms with Crippen LogP contribution in [0, 0.1) is 13.8 Å². The summed E-state index contributed by atoms with van der Waals surface area (Å²) in [5.74, 6) is 1.85. The van der Waals surface area contributed by atoms with Gasteiger partial charge in [-0.2, -0.15) is 0 Å². The lowest BCUT2D eigenvalue weighted by Crippen LogP contribution is -2.50. The van der Waals surface area contributed by atoms with E-state index in [-0.39, 0.29) is 11.8 Å². The molecule has 0 bridgehead atoms. The zero-order chi connectivity index (χ0) is 21.8. The van der Waals surface area contributed by atoms with Crippen molar-refractivity contribution < 1.29 is 4.79 Å². The first-order valence-electron chi connectivity index (χ1n) is 11.1. The average molecular weight is 415 g/mol. The van der Waals surface area contributed by atoms with Crippen LogP contribution in [0.2, 0.25) is 0 Å². The Morgan fingerprint density at radius 2 is 1.68 bits per heavy atom. The van der Waals surface area contributed by atoms with Crippen molar-refractivity contribution in [1.82, 2.24) is 14.9 Å². The third-order valence-electron chi connectivity index (χ3n) is 5.94. The molecule has 4 rings (SSSR count). The van der Waals surface area contributed by atoms with Crippen molar-refractivity contribution in [3.63, 3.8) is 0 Å². The molecule has 1 aromatic heterocycles. The molecule has 160 valence electrons. The fourth-order valence-electron chi connectivity index (χ4n) is 4.24. The SMILES string of the molecule is CC[C@H](C(=O)N1CCN(c2cc(C)nc(-c3cccc(C)c3)n2)CC1)c1ccccc1. The normalized spacial score (nSPS) is 15.1. The topological polar surface area (TPSA) is 49.3 Å². The van der Waals surface area contributed by atoms with Gasteiger partial charge in [0.2, 0.25) is 5.91 Å². The molecule has 0 radical (unpaired) electrons. The number of aromatic nitrogens is 2. The molecule has 5 nitrogen and oxygen atoms in total. The van der Waals surface area contributed by atoms with Gasteiger partial charge in [0.1, 0.15) is 5.82 Å². The van der Waals surface area contributed by atoms with Crippen LogP contribution in [0.1, 0.15) is 36.1 Å². The summed E-state index contributed by atoms with van der Waals surface area (Å²) in [6.45, 7) is 9.16. The molecule has 1 atom stereocenters. The Bertz CT molecular complexity index is 1040. The van der Waals surface area contributed by atoms with Crippen molar-refractivity contribution in [3.8, 4) is 11.4 Å². The smallest absolute Gasteiger partial charge is 0.230 e. The van der Waals surface area contributed by atoms with E-state index in [1.54, 1.807) is 0 Å². The van der Waals surface area contributed by atoms with Crippen molar-refractivity contribution in [2.45, 2.75) is 33.1 Å². The third kappa shape index (κ3) is 4.76. The minimum atomic E-state index is -0.0676. The molecule has 2 aromatic carbocycles. The fraction of sp³-hybridized carbons (Fsp3) is 0.346. The van der Waals surface area contributed by atoms with E-state index in [0.717, 1.165) is 48.0 Å². The summed E-state index contributed by atoms with van der Waals surface area (Å²) in [7, 11) is 0. The zero-order valence-corrected chi connectivity index (χ0v) is 18.6. The van der Waals surface area contributed by atoms with Crippen LogP contribution in [-0.4, -0.2) is 47.0 Å². The molecule has 2 heterocycles. The summed E-state index contributed by atoms with van der Waals surface area (Å²) in [6.07, 6.45) is 0.814.